The van der Waals surface area contributed by atoms with Crippen molar-refractivity contribution in [2.45, 2.75) is 11.9 Å². The van der Waals surface area contributed by atoms with E-state index in [2.05, 4.69) is 4.99 Å². The van der Waals surface area contributed by atoms with Crippen LogP contribution in [0.3, 0.4) is 0 Å². The number of nitrogens with zero attached hydrogens (tertiary/aromatic N) is 2. The zero-order chi connectivity index (χ0) is 18.7. The second-order valence-corrected chi connectivity index (χ2v) is 7.00. The van der Waals surface area contributed by atoms with Crippen LogP contribution in [0.2, 0.25) is 5.02 Å². The molecule has 0 fully saturated rings. The zero-order valence-corrected chi connectivity index (χ0v) is 15.0. The summed E-state index contributed by atoms with van der Waals surface area (Å²) in [5.41, 5.74) is 0.133. The Kier molecular flexibility index (Phi) is 5.58. The summed E-state index contributed by atoms with van der Waals surface area (Å²) in [7, 11) is 0. The van der Waals surface area contributed by atoms with Gasteiger partial charge in [-0.1, -0.05) is 41.6 Å². The van der Waals surface area contributed by atoms with Crippen LogP contribution < -0.4 is 0 Å². The molecule has 3 rings (SSSR count). The summed E-state index contributed by atoms with van der Waals surface area (Å²) < 4.78 is 38.6. The van der Waals surface area contributed by atoms with E-state index in [4.69, 9.17) is 11.6 Å². The highest BCUT2D eigenvalue weighted by atomic mass is 35.5. The number of thioether (sulfide) groups is 1. The molecule has 1 aliphatic rings. The van der Waals surface area contributed by atoms with E-state index >= 15 is 0 Å². The Morgan fingerprint density at radius 2 is 1.96 bits per heavy atom. The van der Waals surface area contributed by atoms with Gasteiger partial charge in [-0.2, -0.15) is 13.2 Å². The molecule has 0 unspecified atom stereocenters. The fourth-order valence-corrected chi connectivity index (χ4v) is 3.70. The van der Waals surface area contributed by atoms with E-state index in [0.717, 1.165) is 17.7 Å². The first-order chi connectivity index (χ1) is 12.3. The third-order valence-corrected chi connectivity index (χ3v) is 5.06. The molecule has 2 aromatic rings. The van der Waals surface area contributed by atoms with Gasteiger partial charge in [0.05, 0.1) is 12.1 Å². The van der Waals surface area contributed by atoms with Crippen LogP contribution in [0.1, 0.15) is 21.5 Å². The predicted molar refractivity (Wildman–Crippen MR) is 97.5 cm³/mol. The highest BCUT2D eigenvalue weighted by Crippen LogP contribution is 2.30. The van der Waals surface area contributed by atoms with Gasteiger partial charge in [0.2, 0.25) is 0 Å². The van der Waals surface area contributed by atoms with Crippen molar-refractivity contribution >= 4 is 34.4 Å². The summed E-state index contributed by atoms with van der Waals surface area (Å²) in [6.45, 7) is 0.787. The smallest absolute Gasteiger partial charge is 0.286 e. The first kappa shape index (κ1) is 18.8. The summed E-state index contributed by atoms with van der Waals surface area (Å²) in [4.78, 5) is 18.4. The van der Waals surface area contributed by atoms with Crippen LogP contribution in [0.5, 0.6) is 0 Å². The fourth-order valence-electron chi connectivity index (χ4n) is 2.50. The normalized spacial score (nSPS) is 14.5. The number of rotatable bonds is 3. The van der Waals surface area contributed by atoms with Crippen molar-refractivity contribution < 1.29 is 18.0 Å². The molecule has 0 bridgehead atoms. The maximum atomic E-state index is 12.9. The minimum Gasteiger partial charge on any atom is -0.286 e. The van der Waals surface area contributed by atoms with Crippen molar-refractivity contribution in [2.75, 3.05) is 13.1 Å². The molecular weight excluding hydrogens is 385 g/mol. The number of carbonyl (C=O) groups excluding carboxylic acids is 1. The van der Waals surface area contributed by atoms with E-state index in [1.807, 2.05) is 18.2 Å². The number of alkyl halides is 3. The molecule has 0 N–H and O–H groups in total. The van der Waals surface area contributed by atoms with Gasteiger partial charge in [0.15, 0.2) is 5.17 Å². The monoisotopic (exact) mass is 398 g/mol. The number of aliphatic imine (C=N–C) groups is 1. The third-order valence-electron chi connectivity index (χ3n) is 3.74. The van der Waals surface area contributed by atoms with Gasteiger partial charge < -0.3 is 0 Å². The molecule has 0 spiro atoms. The van der Waals surface area contributed by atoms with E-state index in [1.54, 1.807) is 6.07 Å². The minimum atomic E-state index is -4.49. The molecule has 0 saturated carbocycles. The lowest BCUT2D eigenvalue weighted by molar-refractivity contribution is -0.137. The van der Waals surface area contributed by atoms with Gasteiger partial charge in [0.25, 0.3) is 5.91 Å². The average Bonchev–Trinajstić information content (AvgIpc) is 3.07. The molecular formula is C18H14ClF3N2OS. The van der Waals surface area contributed by atoms with Gasteiger partial charge in [-0.3, -0.25) is 14.7 Å². The molecule has 8 heteroatoms. The minimum absolute atomic E-state index is 0.00206. The highest BCUT2D eigenvalue weighted by molar-refractivity contribution is 8.13. The zero-order valence-electron chi connectivity index (χ0n) is 13.5. The molecule has 3 nitrogen and oxygen atoms in total. The lowest BCUT2D eigenvalue weighted by Crippen LogP contribution is -2.33. The Balaban J connectivity index is 1.72. The number of amides is 1. The second kappa shape index (κ2) is 7.72. The Bertz CT molecular complexity index is 854. The van der Waals surface area contributed by atoms with E-state index in [1.165, 1.54) is 28.8 Å². The van der Waals surface area contributed by atoms with Gasteiger partial charge in [-0.25, -0.2) is 0 Å². The standard InChI is InChI=1S/C18H14ClF3N2OS/c19-15-6-1-3-12(9-15)11-26-17-23-7-8-24(17)16(25)13-4-2-5-14(10-13)18(20,21)22/h1-6,9-10H,7-8,11H2. The van der Waals surface area contributed by atoms with Crippen LogP contribution >= 0.6 is 23.4 Å². The van der Waals surface area contributed by atoms with Crippen LogP contribution in [0.4, 0.5) is 13.2 Å². The number of hydrogen-bond donors (Lipinski definition) is 0. The van der Waals surface area contributed by atoms with Crippen molar-refractivity contribution in [3.63, 3.8) is 0 Å². The Morgan fingerprint density at radius 3 is 2.69 bits per heavy atom. The summed E-state index contributed by atoms with van der Waals surface area (Å²) >= 11 is 7.32. The Hall–Kier alpha value is -1.99. The van der Waals surface area contributed by atoms with Crippen molar-refractivity contribution in [2.24, 2.45) is 4.99 Å². The molecule has 0 atom stereocenters. The van der Waals surface area contributed by atoms with Crippen LogP contribution in [-0.4, -0.2) is 29.1 Å². The molecule has 0 aliphatic carbocycles. The summed E-state index contributed by atoms with van der Waals surface area (Å²) in [6.07, 6.45) is -4.49. The Labute approximate surface area is 157 Å². The maximum absolute atomic E-state index is 12.9. The molecule has 136 valence electrons. The number of benzene rings is 2. The first-order valence-electron chi connectivity index (χ1n) is 7.75. The van der Waals surface area contributed by atoms with Crippen molar-refractivity contribution in [1.29, 1.82) is 0 Å². The third kappa shape index (κ3) is 4.40. The predicted octanol–water partition coefficient (Wildman–Crippen LogP) is 5.10. The van der Waals surface area contributed by atoms with E-state index < -0.39 is 17.6 Å². The van der Waals surface area contributed by atoms with Crippen molar-refractivity contribution in [3.8, 4) is 0 Å². The summed E-state index contributed by atoms with van der Waals surface area (Å²) in [5.74, 6) is 0.0807. The number of halogens is 4. The molecule has 26 heavy (non-hydrogen) atoms. The summed E-state index contributed by atoms with van der Waals surface area (Å²) in [5, 5.41) is 1.13. The molecule has 0 radical (unpaired) electrons. The average molecular weight is 399 g/mol. The SMILES string of the molecule is O=C(c1cccc(C(F)(F)F)c1)N1CCN=C1SCc1cccc(Cl)c1. The number of carbonyl (C=O) groups is 1. The molecule has 1 aliphatic heterocycles. The van der Waals surface area contributed by atoms with Gasteiger partial charge in [0, 0.05) is 22.9 Å². The lowest BCUT2D eigenvalue weighted by Gasteiger charge is -2.18. The van der Waals surface area contributed by atoms with Gasteiger partial charge in [0.1, 0.15) is 0 Å². The van der Waals surface area contributed by atoms with Crippen molar-refractivity contribution in [1.82, 2.24) is 4.90 Å². The van der Waals surface area contributed by atoms with E-state index in [-0.39, 0.29) is 5.56 Å². The van der Waals surface area contributed by atoms with Crippen LogP contribution in [0.15, 0.2) is 53.5 Å². The second-order valence-electron chi connectivity index (χ2n) is 5.62. The number of hydrogen-bond acceptors (Lipinski definition) is 3. The number of amidine groups is 1. The molecule has 0 aromatic heterocycles. The van der Waals surface area contributed by atoms with Gasteiger partial charge >= 0.3 is 6.18 Å². The quantitative estimate of drug-likeness (QED) is 0.720. The van der Waals surface area contributed by atoms with Crippen LogP contribution in [0, 0.1) is 0 Å². The van der Waals surface area contributed by atoms with Gasteiger partial charge in [-0.05, 0) is 35.9 Å². The van der Waals surface area contributed by atoms with Crippen molar-refractivity contribution in [3.05, 3.63) is 70.2 Å². The maximum Gasteiger partial charge on any atom is 0.416 e. The first-order valence-corrected chi connectivity index (χ1v) is 9.12. The van der Waals surface area contributed by atoms with Crippen LogP contribution in [-0.2, 0) is 11.9 Å². The lowest BCUT2D eigenvalue weighted by atomic mass is 10.1. The fraction of sp³-hybridized carbons (Fsp3) is 0.222. The molecule has 1 heterocycles. The Morgan fingerprint density at radius 1 is 1.19 bits per heavy atom. The van der Waals surface area contributed by atoms with E-state index in [0.29, 0.717) is 29.0 Å². The molecule has 1 amide bonds. The molecule has 0 saturated heterocycles. The molecule has 2 aromatic carbocycles. The topological polar surface area (TPSA) is 32.7 Å². The largest absolute Gasteiger partial charge is 0.416 e. The highest BCUT2D eigenvalue weighted by Gasteiger charge is 2.32. The van der Waals surface area contributed by atoms with E-state index in [9.17, 15) is 18.0 Å². The summed E-state index contributed by atoms with van der Waals surface area (Å²) in [6, 6.07) is 11.8. The van der Waals surface area contributed by atoms with Crippen LogP contribution in [0.25, 0.3) is 0 Å². The van der Waals surface area contributed by atoms with Gasteiger partial charge in [-0.15, -0.1) is 0 Å².